The van der Waals surface area contributed by atoms with E-state index in [-0.39, 0.29) is 17.1 Å². The number of hydrogen-bond acceptors (Lipinski definition) is 6. The maximum Gasteiger partial charge on any atom is 0.349 e. The van der Waals surface area contributed by atoms with Gasteiger partial charge in [0, 0.05) is 30.1 Å². The number of methoxy groups -OCH3 is 2. The minimum atomic E-state index is -0.768. The van der Waals surface area contributed by atoms with Crippen molar-refractivity contribution in [3.63, 3.8) is 0 Å². The molecule has 1 saturated heterocycles. The molecule has 1 aliphatic heterocycles. The van der Waals surface area contributed by atoms with E-state index in [1.807, 2.05) is 0 Å². The lowest BCUT2D eigenvalue weighted by Gasteiger charge is -2.19. The minimum absolute atomic E-state index is 0.0364. The van der Waals surface area contributed by atoms with Crippen LogP contribution < -0.4 is 25.3 Å². The molecular weight excluding hydrogens is 388 g/mol. The average Bonchev–Trinajstić information content (AvgIpc) is 3.18. The van der Waals surface area contributed by atoms with Crippen LogP contribution in [-0.2, 0) is 4.79 Å². The van der Waals surface area contributed by atoms with E-state index in [1.165, 1.54) is 20.3 Å². The van der Waals surface area contributed by atoms with Crippen molar-refractivity contribution < 1.29 is 23.5 Å². The van der Waals surface area contributed by atoms with Crippen LogP contribution in [0.15, 0.2) is 51.7 Å². The third-order valence-electron chi connectivity index (χ3n) is 4.99. The van der Waals surface area contributed by atoms with Gasteiger partial charge in [0.15, 0.2) is 11.3 Å². The molecule has 2 heterocycles. The first-order valence-electron chi connectivity index (χ1n) is 9.42. The molecule has 8 nitrogen and oxygen atoms in total. The Morgan fingerprint density at radius 3 is 2.57 bits per heavy atom. The fourth-order valence-electron chi connectivity index (χ4n) is 3.52. The number of para-hydroxylation sites is 1. The van der Waals surface area contributed by atoms with Crippen molar-refractivity contribution in [2.24, 2.45) is 0 Å². The number of carbonyl (C=O) groups excluding carboxylic acids is 2. The number of benzene rings is 2. The number of amides is 2. The standard InChI is InChI=1S/C22H20N2O6/c1-28-17-6-3-5-13-11-15(22(27)30-20(13)17)21(26)23-14-8-9-16(18(12-14)29-2)24-10-4-7-19(24)25/h3,5-6,8-9,11-12H,4,7,10H2,1-2H3,(H,23,26). The molecular formula is C22H20N2O6. The summed E-state index contributed by atoms with van der Waals surface area (Å²) >= 11 is 0. The Balaban J connectivity index is 1.63. The monoisotopic (exact) mass is 408 g/mol. The van der Waals surface area contributed by atoms with Crippen molar-refractivity contribution in [2.75, 3.05) is 31.0 Å². The molecule has 0 atom stereocenters. The van der Waals surface area contributed by atoms with Crippen LogP contribution in [0.2, 0.25) is 0 Å². The third kappa shape index (κ3) is 3.47. The molecule has 1 aliphatic rings. The molecule has 1 N–H and O–H groups in total. The Labute approximate surface area is 172 Å². The van der Waals surface area contributed by atoms with E-state index in [1.54, 1.807) is 41.3 Å². The maximum absolute atomic E-state index is 12.7. The zero-order valence-electron chi connectivity index (χ0n) is 16.6. The zero-order valence-corrected chi connectivity index (χ0v) is 16.6. The molecule has 0 aliphatic carbocycles. The minimum Gasteiger partial charge on any atom is -0.494 e. The molecule has 0 saturated carbocycles. The largest absolute Gasteiger partial charge is 0.494 e. The van der Waals surface area contributed by atoms with Crippen LogP contribution in [0.1, 0.15) is 23.2 Å². The SMILES string of the molecule is COc1cc(NC(=O)c2cc3cccc(OC)c3oc2=O)ccc1N1CCCC1=O. The van der Waals surface area contributed by atoms with Gasteiger partial charge >= 0.3 is 5.63 Å². The van der Waals surface area contributed by atoms with Gasteiger partial charge < -0.3 is 24.1 Å². The third-order valence-corrected chi connectivity index (χ3v) is 4.99. The van der Waals surface area contributed by atoms with Crippen LogP contribution in [0.3, 0.4) is 0 Å². The lowest BCUT2D eigenvalue weighted by atomic mass is 10.1. The summed E-state index contributed by atoms with van der Waals surface area (Å²) < 4.78 is 15.9. The van der Waals surface area contributed by atoms with Gasteiger partial charge in [-0.1, -0.05) is 12.1 Å². The summed E-state index contributed by atoms with van der Waals surface area (Å²) in [5, 5.41) is 3.25. The molecule has 0 bridgehead atoms. The van der Waals surface area contributed by atoms with Crippen molar-refractivity contribution in [3.05, 3.63) is 58.4 Å². The number of nitrogens with one attached hydrogen (secondary N) is 1. The van der Waals surface area contributed by atoms with Crippen LogP contribution in [0.4, 0.5) is 11.4 Å². The Kier molecular flexibility index (Phi) is 5.14. The molecule has 154 valence electrons. The van der Waals surface area contributed by atoms with Crippen LogP contribution in [0, 0.1) is 0 Å². The van der Waals surface area contributed by atoms with Crippen molar-refractivity contribution in [1.82, 2.24) is 0 Å². The highest BCUT2D eigenvalue weighted by Crippen LogP contribution is 2.34. The topological polar surface area (TPSA) is 98.1 Å². The Morgan fingerprint density at radius 1 is 1.07 bits per heavy atom. The van der Waals surface area contributed by atoms with Gasteiger partial charge in [-0.25, -0.2) is 4.79 Å². The number of fused-ring (bicyclic) bond motifs is 1. The van der Waals surface area contributed by atoms with E-state index >= 15 is 0 Å². The molecule has 3 aromatic rings. The number of hydrogen-bond donors (Lipinski definition) is 1. The Hall–Kier alpha value is -3.81. The highest BCUT2D eigenvalue weighted by atomic mass is 16.5. The van der Waals surface area contributed by atoms with E-state index in [2.05, 4.69) is 5.32 Å². The molecule has 8 heteroatoms. The normalized spacial score (nSPS) is 13.5. The molecule has 4 rings (SSSR count). The number of rotatable bonds is 5. The Morgan fingerprint density at radius 2 is 1.87 bits per heavy atom. The van der Waals surface area contributed by atoms with Crippen LogP contribution in [-0.4, -0.2) is 32.6 Å². The van der Waals surface area contributed by atoms with Crippen LogP contribution in [0.5, 0.6) is 11.5 Å². The Bertz CT molecular complexity index is 1200. The second-order valence-electron chi connectivity index (χ2n) is 6.82. The van der Waals surface area contributed by atoms with Gasteiger partial charge in [-0.05, 0) is 30.7 Å². The van der Waals surface area contributed by atoms with Gasteiger partial charge in [0.25, 0.3) is 5.91 Å². The maximum atomic E-state index is 12.7. The van der Waals surface area contributed by atoms with Crippen molar-refractivity contribution in [2.45, 2.75) is 12.8 Å². The first-order valence-corrected chi connectivity index (χ1v) is 9.42. The fourth-order valence-corrected chi connectivity index (χ4v) is 3.52. The van der Waals surface area contributed by atoms with E-state index in [4.69, 9.17) is 13.9 Å². The average molecular weight is 408 g/mol. The van der Waals surface area contributed by atoms with Crippen LogP contribution in [0.25, 0.3) is 11.0 Å². The second kappa shape index (κ2) is 7.90. The van der Waals surface area contributed by atoms with Crippen molar-refractivity contribution in [3.8, 4) is 11.5 Å². The predicted molar refractivity (Wildman–Crippen MR) is 112 cm³/mol. The highest BCUT2D eigenvalue weighted by Gasteiger charge is 2.25. The van der Waals surface area contributed by atoms with Crippen molar-refractivity contribution >= 4 is 34.2 Å². The van der Waals surface area contributed by atoms with Crippen LogP contribution >= 0.6 is 0 Å². The van der Waals surface area contributed by atoms with Crippen molar-refractivity contribution in [1.29, 1.82) is 0 Å². The quantitative estimate of drug-likeness (QED) is 0.651. The second-order valence-corrected chi connectivity index (χ2v) is 6.82. The molecule has 1 aromatic heterocycles. The summed E-state index contributed by atoms with van der Waals surface area (Å²) in [5.74, 6) is 0.293. The molecule has 2 aromatic carbocycles. The van der Waals surface area contributed by atoms with Gasteiger partial charge in [-0.15, -0.1) is 0 Å². The first-order chi connectivity index (χ1) is 14.5. The summed E-state index contributed by atoms with van der Waals surface area (Å²) in [7, 11) is 2.97. The first kappa shape index (κ1) is 19.5. The smallest absolute Gasteiger partial charge is 0.349 e. The fraction of sp³-hybridized carbons (Fsp3) is 0.227. The lowest BCUT2D eigenvalue weighted by Crippen LogP contribution is -2.24. The number of nitrogens with zero attached hydrogens (tertiary/aromatic N) is 1. The molecule has 0 radical (unpaired) electrons. The molecule has 0 unspecified atom stereocenters. The molecule has 1 fully saturated rings. The van der Waals surface area contributed by atoms with E-state index < -0.39 is 11.5 Å². The zero-order chi connectivity index (χ0) is 21.3. The van der Waals surface area contributed by atoms with E-state index in [9.17, 15) is 14.4 Å². The molecule has 0 spiro atoms. The van der Waals surface area contributed by atoms with Gasteiger partial charge in [0.1, 0.15) is 11.3 Å². The summed E-state index contributed by atoms with van der Waals surface area (Å²) in [6.07, 6.45) is 1.30. The van der Waals surface area contributed by atoms with Gasteiger partial charge in [0.05, 0.1) is 19.9 Å². The molecule has 2 amide bonds. The number of carbonyl (C=O) groups is 2. The summed E-state index contributed by atoms with van der Waals surface area (Å²) in [4.78, 5) is 38.8. The predicted octanol–water partition coefficient (Wildman–Crippen LogP) is 3.19. The van der Waals surface area contributed by atoms with E-state index in [0.29, 0.717) is 41.2 Å². The lowest BCUT2D eigenvalue weighted by molar-refractivity contribution is -0.117. The summed E-state index contributed by atoms with van der Waals surface area (Å²) in [6, 6.07) is 11.6. The highest BCUT2D eigenvalue weighted by molar-refractivity contribution is 6.06. The van der Waals surface area contributed by atoms with Gasteiger partial charge in [-0.3, -0.25) is 9.59 Å². The summed E-state index contributed by atoms with van der Waals surface area (Å²) in [6.45, 7) is 0.627. The van der Waals surface area contributed by atoms with E-state index in [0.717, 1.165) is 6.42 Å². The van der Waals surface area contributed by atoms with Gasteiger partial charge in [0.2, 0.25) is 5.91 Å². The number of ether oxygens (including phenoxy) is 2. The molecule has 30 heavy (non-hydrogen) atoms. The summed E-state index contributed by atoms with van der Waals surface area (Å²) in [5.41, 5.74) is 0.458. The van der Waals surface area contributed by atoms with Gasteiger partial charge in [-0.2, -0.15) is 0 Å². The number of anilines is 2.